The molecule has 2 aliphatic rings. The van der Waals surface area contributed by atoms with E-state index in [9.17, 15) is 0 Å². The number of benzene rings is 1. The molecule has 1 aromatic carbocycles. The molecule has 2 N–H and O–H groups in total. The van der Waals surface area contributed by atoms with Gasteiger partial charge in [0, 0.05) is 6.04 Å². The molecule has 1 aromatic rings. The van der Waals surface area contributed by atoms with Crippen LogP contribution in [0.5, 0.6) is 5.75 Å². The molecule has 3 rings (SSSR count). The van der Waals surface area contributed by atoms with Crippen LogP contribution in [-0.4, -0.2) is 6.61 Å². The minimum absolute atomic E-state index is 0.167. The second kappa shape index (κ2) is 5.16. The first-order valence-corrected chi connectivity index (χ1v) is 7.70. The zero-order valence-corrected chi connectivity index (χ0v) is 12.0. The second-order valence-corrected chi connectivity index (χ2v) is 6.51. The quantitative estimate of drug-likeness (QED) is 0.872. The Labute approximate surface area is 116 Å². The minimum atomic E-state index is 0.167. The van der Waals surface area contributed by atoms with Crippen LogP contribution in [0.3, 0.4) is 0 Å². The summed E-state index contributed by atoms with van der Waals surface area (Å²) in [6, 6.07) is 6.75. The molecule has 1 aliphatic carbocycles. The summed E-state index contributed by atoms with van der Waals surface area (Å²) in [6.45, 7) is 3.23. The van der Waals surface area contributed by atoms with Gasteiger partial charge in [-0.1, -0.05) is 38.3 Å². The maximum Gasteiger partial charge on any atom is 0.122 e. The Morgan fingerprint density at radius 2 is 1.95 bits per heavy atom. The summed E-state index contributed by atoms with van der Waals surface area (Å²) in [7, 11) is 0. The van der Waals surface area contributed by atoms with E-state index in [4.69, 9.17) is 10.5 Å². The largest absolute Gasteiger partial charge is 0.493 e. The topological polar surface area (TPSA) is 35.2 Å². The van der Waals surface area contributed by atoms with Crippen molar-refractivity contribution in [3.63, 3.8) is 0 Å². The lowest BCUT2D eigenvalue weighted by Gasteiger charge is -2.39. The number of aryl methyl sites for hydroxylation is 1. The van der Waals surface area contributed by atoms with Gasteiger partial charge in [-0.05, 0) is 48.3 Å². The molecule has 1 unspecified atom stereocenters. The zero-order chi connectivity index (χ0) is 13.3. The SMILES string of the molecule is CC1(C(N)c2ccc3c(c2)CCCO3)CCCCC1. The van der Waals surface area contributed by atoms with Gasteiger partial charge in [-0.3, -0.25) is 0 Å². The summed E-state index contributed by atoms with van der Waals surface area (Å²) in [5.41, 5.74) is 9.52. The summed E-state index contributed by atoms with van der Waals surface area (Å²) >= 11 is 0. The average molecular weight is 259 g/mol. The summed E-state index contributed by atoms with van der Waals surface area (Å²) in [4.78, 5) is 0. The van der Waals surface area contributed by atoms with Crippen LogP contribution in [0.15, 0.2) is 18.2 Å². The van der Waals surface area contributed by atoms with Gasteiger partial charge in [-0.2, -0.15) is 0 Å². The van der Waals surface area contributed by atoms with Gasteiger partial charge < -0.3 is 10.5 Å². The van der Waals surface area contributed by atoms with E-state index < -0.39 is 0 Å². The molecular formula is C17H25NO. The molecule has 0 spiro atoms. The van der Waals surface area contributed by atoms with Crippen molar-refractivity contribution in [3.05, 3.63) is 29.3 Å². The molecule has 1 saturated carbocycles. The second-order valence-electron chi connectivity index (χ2n) is 6.51. The van der Waals surface area contributed by atoms with E-state index >= 15 is 0 Å². The van der Waals surface area contributed by atoms with E-state index in [-0.39, 0.29) is 11.5 Å². The highest BCUT2D eigenvalue weighted by Gasteiger charge is 2.34. The molecule has 0 saturated heterocycles. The fraction of sp³-hybridized carbons (Fsp3) is 0.647. The number of ether oxygens (including phenoxy) is 1. The molecular weight excluding hydrogens is 234 g/mol. The van der Waals surface area contributed by atoms with Crippen molar-refractivity contribution < 1.29 is 4.74 Å². The molecule has 1 fully saturated rings. The van der Waals surface area contributed by atoms with Crippen LogP contribution >= 0.6 is 0 Å². The van der Waals surface area contributed by atoms with Crippen LogP contribution in [0, 0.1) is 5.41 Å². The van der Waals surface area contributed by atoms with Gasteiger partial charge in [0.2, 0.25) is 0 Å². The Bertz CT molecular complexity index is 449. The first-order chi connectivity index (χ1) is 9.19. The molecule has 0 aromatic heterocycles. The maximum atomic E-state index is 6.60. The molecule has 19 heavy (non-hydrogen) atoms. The molecule has 0 bridgehead atoms. The smallest absolute Gasteiger partial charge is 0.122 e. The van der Waals surface area contributed by atoms with Crippen molar-refractivity contribution in [1.29, 1.82) is 0 Å². The fourth-order valence-corrected chi connectivity index (χ4v) is 3.65. The van der Waals surface area contributed by atoms with Gasteiger partial charge >= 0.3 is 0 Å². The Balaban J connectivity index is 1.84. The number of hydrogen-bond acceptors (Lipinski definition) is 2. The summed E-state index contributed by atoms with van der Waals surface area (Å²) in [6.07, 6.45) is 8.83. The first kappa shape index (κ1) is 13.0. The third-order valence-electron chi connectivity index (χ3n) is 5.04. The summed E-state index contributed by atoms with van der Waals surface area (Å²) in [5.74, 6) is 1.07. The fourth-order valence-electron chi connectivity index (χ4n) is 3.65. The number of hydrogen-bond donors (Lipinski definition) is 1. The zero-order valence-electron chi connectivity index (χ0n) is 12.0. The minimum Gasteiger partial charge on any atom is -0.493 e. The Morgan fingerprint density at radius 3 is 2.74 bits per heavy atom. The highest BCUT2D eigenvalue weighted by atomic mass is 16.5. The van der Waals surface area contributed by atoms with Gasteiger partial charge in [0.05, 0.1) is 6.61 Å². The monoisotopic (exact) mass is 259 g/mol. The van der Waals surface area contributed by atoms with Gasteiger partial charge in [0.15, 0.2) is 0 Å². The molecule has 0 amide bonds. The van der Waals surface area contributed by atoms with Crippen LogP contribution in [0.2, 0.25) is 0 Å². The van der Waals surface area contributed by atoms with E-state index in [1.807, 2.05) is 0 Å². The molecule has 2 heteroatoms. The Morgan fingerprint density at radius 1 is 1.16 bits per heavy atom. The molecule has 1 heterocycles. The molecule has 104 valence electrons. The highest BCUT2D eigenvalue weighted by Crippen LogP contribution is 2.45. The molecule has 0 radical (unpaired) electrons. The standard InChI is InChI=1S/C17H25NO/c1-17(9-3-2-4-10-17)16(18)14-7-8-15-13(12-14)6-5-11-19-15/h7-8,12,16H,2-6,9-11,18H2,1H3. The van der Waals surface area contributed by atoms with Crippen molar-refractivity contribution in [2.24, 2.45) is 11.1 Å². The van der Waals surface area contributed by atoms with Crippen LogP contribution in [0.1, 0.15) is 62.6 Å². The van der Waals surface area contributed by atoms with Crippen LogP contribution < -0.4 is 10.5 Å². The lowest BCUT2D eigenvalue weighted by molar-refractivity contribution is 0.170. The van der Waals surface area contributed by atoms with Gasteiger partial charge in [-0.15, -0.1) is 0 Å². The maximum absolute atomic E-state index is 6.60. The van der Waals surface area contributed by atoms with E-state index in [1.165, 1.54) is 43.2 Å². The molecule has 2 nitrogen and oxygen atoms in total. The van der Waals surface area contributed by atoms with Gasteiger partial charge in [0.25, 0.3) is 0 Å². The van der Waals surface area contributed by atoms with E-state index in [1.54, 1.807) is 0 Å². The molecule has 1 aliphatic heterocycles. The van der Waals surface area contributed by atoms with Crippen molar-refractivity contribution >= 4 is 0 Å². The predicted molar refractivity (Wildman–Crippen MR) is 78.4 cm³/mol. The molecule has 1 atom stereocenters. The van der Waals surface area contributed by atoms with Crippen molar-refractivity contribution in [1.82, 2.24) is 0 Å². The average Bonchev–Trinajstić information content (AvgIpc) is 2.47. The normalized spacial score (nSPS) is 23.3. The number of rotatable bonds is 2. The Hall–Kier alpha value is -1.02. The van der Waals surface area contributed by atoms with Gasteiger partial charge in [-0.25, -0.2) is 0 Å². The van der Waals surface area contributed by atoms with E-state index in [2.05, 4.69) is 25.1 Å². The van der Waals surface area contributed by atoms with Crippen molar-refractivity contribution in [2.75, 3.05) is 6.61 Å². The van der Waals surface area contributed by atoms with Crippen LogP contribution in [0.4, 0.5) is 0 Å². The van der Waals surface area contributed by atoms with Crippen LogP contribution in [-0.2, 0) is 6.42 Å². The lowest BCUT2D eigenvalue weighted by atomic mass is 9.69. The lowest BCUT2D eigenvalue weighted by Crippen LogP contribution is -2.34. The predicted octanol–water partition coefficient (Wildman–Crippen LogP) is 3.98. The summed E-state index contributed by atoms with van der Waals surface area (Å²) < 4.78 is 5.69. The van der Waals surface area contributed by atoms with Gasteiger partial charge in [0.1, 0.15) is 5.75 Å². The summed E-state index contributed by atoms with van der Waals surface area (Å²) in [5, 5.41) is 0. The van der Waals surface area contributed by atoms with Crippen molar-refractivity contribution in [3.8, 4) is 5.75 Å². The van der Waals surface area contributed by atoms with E-state index in [0.29, 0.717) is 0 Å². The third-order valence-corrected chi connectivity index (χ3v) is 5.04. The first-order valence-electron chi connectivity index (χ1n) is 7.70. The Kier molecular flexibility index (Phi) is 3.53. The highest BCUT2D eigenvalue weighted by molar-refractivity contribution is 5.40. The number of nitrogens with two attached hydrogens (primary N) is 1. The van der Waals surface area contributed by atoms with Crippen LogP contribution in [0.25, 0.3) is 0 Å². The van der Waals surface area contributed by atoms with Crippen molar-refractivity contribution in [2.45, 2.75) is 57.9 Å². The third kappa shape index (κ3) is 2.51. The van der Waals surface area contributed by atoms with E-state index in [0.717, 1.165) is 25.2 Å². The number of fused-ring (bicyclic) bond motifs is 1.